The number of halogens is 1. The van der Waals surface area contributed by atoms with Crippen molar-refractivity contribution >= 4 is 23.4 Å². The van der Waals surface area contributed by atoms with Gasteiger partial charge in [0.1, 0.15) is 5.82 Å². The van der Waals surface area contributed by atoms with Gasteiger partial charge in [-0.3, -0.25) is 4.90 Å². The van der Waals surface area contributed by atoms with E-state index in [1.165, 1.54) is 37.1 Å². The lowest BCUT2D eigenvalue weighted by Crippen LogP contribution is -2.32. The summed E-state index contributed by atoms with van der Waals surface area (Å²) in [6.07, 6.45) is 5.35. The molecule has 1 fully saturated rings. The van der Waals surface area contributed by atoms with Crippen LogP contribution in [0.5, 0.6) is 0 Å². The van der Waals surface area contributed by atoms with Crippen LogP contribution in [0.3, 0.4) is 0 Å². The topological polar surface area (TPSA) is 73.3 Å². The molecule has 1 aromatic carbocycles. The smallest absolute Gasteiger partial charge is 0.224 e. The van der Waals surface area contributed by atoms with Gasteiger partial charge in [0.15, 0.2) is 0 Å². The molecule has 6 nitrogen and oxygen atoms in total. The summed E-state index contributed by atoms with van der Waals surface area (Å²) in [5, 5.41) is 15.4. The summed E-state index contributed by atoms with van der Waals surface area (Å²) in [6.45, 7) is 11.4. The lowest BCUT2D eigenvalue weighted by atomic mass is 9.98. The number of aliphatic hydroxyl groups is 1. The van der Waals surface area contributed by atoms with Crippen molar-refractivity contribution in [1.82, 2.24) is 14.9 Å². The van der Waals surface area contributed by atoms with Gasteiger partial charge in [-0.1, -0.05) is 37.6 Å². The molecule has 1 saturated heterocycles. The first-order valence-corrected chi connectivity index (χ1v) is 11.3. The molecule has 0 amide bonds. The first-order chi connectivity index (χ1) is 14.5. The first kappa shape index (κ1) is 24.4. The van der Waals surface area contributed by atoms with Crippen molar-refractivity contribution in [3.05, 3.63) is 46.6 Å². The summed E-state index contributed by atoms with van der Waals surface area (Å²) in [4.78, 5) is 10.7. The largest absolute Gasteiger partial charge is 0.395 e. The summed E-state index contributed by atoms with van der Waals surface area (Å²) >= 11 is 6.25. The average Bonchev–Trinajstić information content (AvgIpc) is 2.75. The fraction of sp³-hybridized carbons (Fsp3) is 0.565. The van der Waals surface area contributed by atoms with Gasteiger partial charge in [0.2, 0.25) is 5.95 Å². The quantitative estimate of drug-likeness (QED) is 0.571. The second-order valence-electron chi connectivity index (χ2n) is 7.68. The average molecular weight is 434 g/mol. The van der Waals surface area contributed by atoms with E-state index >= 15 is 0 Å². The molecule has 3 rings (SSSR count). The first-order valence-electron chi connectivity index (χ1n) is 11.0. The van der Waals surface area contributed by atoms with Gasteiger partial charge >= 0.3 is 0 Å². The van der Waals surface area contributed by atoms with Crippen molar-refractivity contribution in [2.45, 2.75) is 46.6 Å². The van der Waals surface area contributed by atoms with E-state index in [0.717, 1.165) is 36.3 Å². The van der Waals surface area contributed by atoms with Crippen molar-refractivity contribution in [1.29, 1.82) is 0 Å². The summed E-state index contributed by atoms with van der Waals surface area (Å²) in [5.74, 6) is 2.22. The Labute approximate surface area is 186 Å². The van der Waals surface area contributed by atoms with Gasteiger partial charge in [0.25, 0.3) is 0 Å². The molecule has 2 aromatic rings. The lowest BCUT2D eigenvalue weighted by molar-refractivity contribution is 0.185. The molecule has 0 unspecified atom stereocenters. The van der Waals surface area contributed by atoms with Gasteiger partial charge in [-0.2, -0.15) is 4.98 Å². The number of piperidine rings is 1. The fourth-order valence-electron chi connectivity index (χ4n) is 3.35. The van der Waals surface area contributed by atoms with Crippen LogP contribution in [0.4, 0.5) is 11.8 Å². The van der Waals surface area contributed by atoms with Gasteiger partial charge in [0.05, 0.1) is 6.61 Å². The molecule has 2 heterocycles. The molecule has 166 valence electrons. The number of hydrogen-bond acceptors (Lipinski definition) is 6. The summed E-state index contributed by atoms with van der Waals surface area (Å²) < 4.78 is 0. The number of aryl methyl sites for hydroxylation is 1. The minimum atomic E-state index is 0.0782. The van der Waals surface area contributed by atoms with E-state index in [1.54, 1.807) is 12.3 Å². The van der Waals surface area contributed by atoms with E-state index in [0.29, 0.717) is 12.5 Å². The molecule has 0 bridgehead atoms. The highest BCUT2D eigenvalue weighted by Crippen LogP contribution is 2.22. The molecule has 1 aliphatic rings. The normalized spacial score (nSPS) is 14.7. The van der Waals surface area contributed by atoms with Gasteiger partial charge in [0, 0.05) is 30.9 Å². The third kappa shape index (κ3) is 8.46. The van der Waals surface area contributed by atoms with Crippen molar-refractivity contribution in [2.24, 2.45) is 5.92 Å². The van der Waals surface area contributed by atoms with E-state index in [4.69, 9.17) is 16.7 Å². The Bertz CT molecular complexity index is 750. The van der Waals surface area contributed by atoms with Crippen molar-refractivity contribution < 1.29 is 5.11 Å². The number of aliphatic hydroxyl groups excluding tert-OH is 1. The number of anilines is 2. The zero-order chi connectivity index (χ0) is 21.8. The molecular formula is C23H36ClN5O. The van der Waals surface area contributed by atoms with E-state index < -0.39 is 0 Å². The lowest BCUT2D eigenvalue weighted by Gasteiger charge is -2.30. The van der Waals surface area contributed by atoms with Crippen LogP contribution in [0.15, 0.2) is 30.5 Å². The molecule has 7 heteroatoms. The van der Waals surface area contributed by atoms with Crippen LogP contribution >= 0.6 is 11.6 Å². The van der Waals surface area contributed by atoms with Crippen molar-refractivity contribution in [3.63, 3.8) is 0 Å². The van der Waals surface area contributed by atoms with Crippen LogP contribution in [-0.4, -0.2) is 52.8 Å². The molecule has 1 aliphatic heterocycles. The number of nitrogens with one attached hydrogen (secondary N) is 2. The highest BCUT2D eigenvalue weighted by atomic mass is 35.5. The SMILES string of the molecule is CCNc1ccnc(NCCO)n1.CCc1ccc(CN2CCC(C)CC2)cc1Cl. The second kappa shape index (κ2) is 13.4. The predicted molar refractivity (Wildman–Crippen MR) is 126 cm³/mol. The molecular weight excluding hydrogens is 398 g/mol. The molecule has 0 saturated carbocycles. The van der Waals surface area contributed by atoms with Gasteiger partial charge in [-0.05, 0) is 68.5 Å². The number of likely N-dealkylation sites (tertiary alicyclic amines) is 1. The molecule has 0 aliphatic carbocycles. The maximum Gasteiger partial charge on any atom is 0.224 e. The van der Waals surface area contributed by atoms with Gasteiger partial charge in [-0.25, -0.2) is 4.98 Å². The Morgan fingerprint density at radius 3 is 2.57 bits per heavy atom. The van der Waals surface area contributed by atoms with Crippen molar-refractivity contribution in [3.8, 4) is 0 Å². The molecule has 0 atom stereocenters. The minimum absolute atomic E-state index is 0.0782. The number of nitrogens with zero attached hydrogens (tertiary/aromatic N) is 3. The van der Waals surface area contributed by atoms with E-state index in [1.807, 2.05) is 6.92 Å². The third-order valence-electron chi connectivity index (χ3n) is 5.19. The highest BCUT2D eigenvalue weighted by molar-refractivity contribution is 6.31. The fourth-order valence-corrected chi connectivity index (χ4v) is 3.68. The third-order valence-corrected chi connectivity index (χ3v) is 5.54. The Balaban J connectivity index is 0.000000222. The summed E-state index contributed by atoms with van der Waals surface area (Å²) in [5.41, 5.74) is 2.60. The van der Waals surface area contributed by atoms with Crippen LogP contribution in [0.1, 0.15) is 44.7 Å². The monoisotopic (exact) mass is 433 g/mol. The summed E-state index contributed by atoms with van der Waals surface area (Å²) in [6, 6.07) is 8.33. The van der Waals surface area contributed by atoms with Gasteiger partial charge < -0.3 is 15.7 Å². The maximum absolute atomic E-state index is 8.57. The Morgan fingerprint density at radius 2 is 1.93 bits per heavy atom. The van der Waals surface area contributed by atoms with Gasteiger partial charge in [-0.15, -0.1) is 0 Å². The second-order valence-corrected chi connectivity index (χ2v) is 8.09. The molecule has 1 aromatic heterocycles. The van der Waals surface area contributed by atoms with E-state index in [2.05, 4.69) is 57.5 Å². The number of aromatic nitrogens is 2. The van der Waals surface area contributed by atoms with Crippen LogP contribution in [0.25, 0.3) is 0 Å². The van der Waals surface area contributed by atoms with Crippen LogP contribution in [0.2, 0.25) is 5.02 Å². The highest BCUT2D eigenvalue weighted by Gasteiger charge is 2.15. The summed E-state index contributed by atoms with van der Waals surface area (Å²) in [7, 11) is 0. The zero-order valence-corrected chi connectivity index (χ0v) is 19.3. The van der Waals surface area contributed by atoms with Crippen molar-refractivity contribution in [2.75, 3.05) is 43.4 Å². The number of rotatable bonds is 8. The van der Waals surface area contributed by atoms with E-state index in [9.17, 15) is 0 Å². The zero-order valence-electron chi connectivity index (χ0n) is 18.5. The molecule has 30 heavy (non-hydrogen) atoms. The standard InChI is InChI=1S/C15H22ClN.C8H14N4O/c1-3-14-5-4-13(10-15(14)16)11-17-8-6-12(2)7-9-17;1-2-9-7-3-4-10-8(12-7)11-5-6-13/h4-5,10,12H,3,6-9,11H2,1-2H3;3-4,13H,2,5-6H2,1H3,(H2,9,10,11,12). The van der Waals surface area contributed by atoms with Crippen LogP contribution in [0, 0.1) is 5.92 Å². The Morgan fingerprint density at radius 1 is 1.17 bits per heavy atom. The molecule has 0 spiro atoms. The Hall–Kier alpha value is -1.89. The van der Waals surface area contributed by atoms with E-state index in [-0.39, 0.29) is 6.61 Å². The molecule has 3 N–H and O–H groups in total. The van der Waals surface area contributed by atoms with Crippen LogP contribution in [-0.2, 0) is 13.0 Å². The molecule has 0 radical (unpaired) electrons. The number of benzene rings is 1. The Kier molecular flexibility index (Phi) is 10.9. The predicted octanol–water partition coefficient (Wildman–Crippen LogP) is 4.45. The number of hydrogen-bond donors (Lipinski definition) is 3. The minimum Gasteiger partial charge on any atom is -0.395 e. The maximum atomic E-state index is 8.57. The van der Waals surface area contributed by atoms with Crippen LogP contribution < -0.4 is 10.6 Å².